The van der Waals surface area contributed by atoms with Crippen molar-refractivity contribution in [3.8, 4) is 5.75 Å². The number of hydrogen-bond donors (Lipinski definition) is 1. The molecule has 2 rings (SSSR count). The number of ether oxygens (including phenoxy) is 1. The maximum absolute atomic E-state index is 6.17. The normalized spacial score (nSPS) is 16.4. The molecule has 0 unspecified atom stereocenters. The van der Waals surface area contributed by atoms with E-state index >= 15 is 0 Å². The van der Waals surface area contributed by atoms with Gasteiger partial charge in [0, 0.05) is 32.2 Å². The molecule has 0 spiro atoms. The Labute approximate surface area is 157 Å². The average Bonchev–Trinajstić information content (AvgIpc) is 2.49. The molecule has 1 aliphatic rings. The van der Waals surface area contributed by atoms with E-state index in [0.717, 1.165) is 37.8 Å². The van der Waals surface area contributed by atoms with Crippen molar-refractivity contribution >= 4 is 36.4 Å². The van der Waals surface area contributed by atoms with E-state index in [1.807, 2.05) is 6.07 Å². The quantitative estimate of drug-likeness (QED) is 0.778. The lowest BCUT2D eigenvalue weighted by molar-refractivity contribution is 0.159. The van der Waals surface area contributed by atoms with Crippen molar-refractivity contribution in [2.45, 2.75) is 32.7 Å². The van der Waals surface area contributed by atoms with E-state index < -0.39 is 0 Å². The highest BCUT2D eigenvalue weighted by Gasteiger charge is 2.23. The predicted octanol–water partition coefficient (Wildman–Crippen LogP) is 4.57. The zero-order valence-corrected chi connectivity index (χ0v) is 16.6. The Hall–Kier alpha value is -0.190. The number of nitrogens with zero attached hydrogens (tertiary/aromatic N) is 1. The summed E-state index contributed by atoms with van der Waals surface area (Å²) < 4.78 is 5.39. The van der Waals surface area contributed by atoms with Gasteiger partial charge in [-0.1, -0.05) is 31.5 Å². The van der Waals surface area contributed by atoms with Gasteiger partial charge in [-0.05, 0) is 36.5 Å². The van der Waals surface area contributed by atoms with Crippen LogP contribution < -0.4 is 10.1 Å². The SMILES string of the molecule is COc1cc([C@H](CCC(C)C)N2CCNCC2)ccc1Cl.Cl.Cl. The first-order valence-corrected chi connectivity index (χ1v) is 8.27. The maximum atomic E-state index is 6.17. The van der Waals surface area contributed by atoms with Crippen LogP contribution in [0.1, 0.15) is 38.3 Å². The molecule has 0 amide bonds. The van der Waals surface area contributed by atoms with Gasteiger partial charge in [0.05, 0.1) is 12.1 Å². The summed E-state index contributed by atoms with van der Waals surface area (Å²) in [6.45, 7) is 8.93. The molecule has 0 aromatic heterocycles. The molecule has 1 aromatic carbocycles. The summed E-state index contributed by atoms with van der Waals surface area (Å²) in [6.07, 6.45) is 2.42. The van der Waals surface area contributed by atoms with Crippen molar-refractivity contribution in [1.29, 1.82) is 0 Å². The van der Waals surface area contributed by atoms with Gasteiger partial charge < -0.3 is 10.1 Å². The highest BCUT2D eigenvalue weighted by Crippen LogP contribution is 2.33. The van der Waals surface area contributed by atoms with Crippen molar-refractivity contribution in [3.63, 3.8) is 0 Å². The molecule has 1 N–H and O–H groups in total. The molecule has 23 heavy (non-hydrogen) atoms. The third kappa shape index (κ3) is 6.67. The molecular weight excluding hydrogens is 355 g/mol. The van der Waals surface area contributed by atoms with Crippen LogP contribution in [-0.2, 0) is 0 Å². The summed E-state index contributed by atoms with van der Waals surface area (Å²) in [4.78, 5) is 2.58. The molecule has 3 nitrogen and oxygen atoms in total. The topological polar surface area (TPSA) is 24.5 Å². The third-order valence-corrected chi connectivity index (χ3v) is 4.48. The number of nitrogens with one attached hydrogen (secondary N) is 1. The molecular formula is C17H29Cl3N2O. The Morgan fingerprint density at radius 1 is 1.17 bits per heavy atom. The van der Waals surface area contributed by atoms with Crippen LogP contribution in [0.2, 0.25) is 5.02 Å². The van der Waals surface area contributed by atoms with Crippen LogP contribution in [0.5, 0.6) is 5.75 Å². The fraction of sp³-hybridized carbons (Fsp3) is 0.647. The van der Waals surface area contributed by atoms with Gasteiger partial charge >= 0.3 is 0 Å². The first-order valence-electron chi connectivity index (χ1n) is 7.90. The number of piperazine rings is 1. The minimum atomic E-state index is 0. The van der Waals surface area contributed by atoms with Gasteiger partial charge in [-0.15, -0.1) is 24.8 Å². The van der Waals surface area contributed by atoms with Crippen LogP contribution in [0.15, 0.2) is 18.2 Å². The smallest absolute Gasteiger partial charge is 0.137 e. The van der Waals surface area contributed by atoms with Crippen LogP contribution in [0.4, 0.5) is 0 Å². The number of rotatable bonds is 6. The maximum Gasteiger partial charge on any atom is 0.137 e. The molecule has 1 saturated heterocycles. The number of halogens is 3. The largest absolute Gasteiger partial charge is 0.495 e. The molecule has 0 radical (unpaired) electrons. The summed E-state index contributed by atoms with van der Waals surface area (Å²) in [6, 6.07) is 6.67. The highest BCUT2D eigenvalue weighted by molar-refractivity contribution is 6.32. The van der Waals surface area contributed by atoms with Crippen molar-refractivity contribution in [2.75, 3.05) is 33.3 Å². The molecule has 1 aliphatic heterocycles. The van der Waals surface area contributed by atoms with E-state index in [1.165, 1.54) is 18.4 Å². The molecule has 0 saturated carbocycles. The zero-order chi connectivity index (χ0) is 15.2. The Bertz CT molecular complexity index is 451. The van der Waals surface area contributed by atoms with Gasteiger partial charge in [-0.25, -0.2) is 0 Å². The molecule has 1 aromatic rings. The highest BCUT2D eigenvalue weighted by atomic mass is 35.5. The molecule has 0 bridgehead atoms. The standard InChI is InChI=1S/C17H27ClN2O.2ClH/c1-13(2)4-7-16(20-10-8-19-9-11-20)14-5-6-15(18)17(12-14)21-3;;/h5-6,12-13,16,19H,4,7-11H2,1-3H3;2*1H/t16-;;/m0../s1. The van der Waals surface area contributed by atoms with Crippen LogP contribution in [0.25, 0.3) is 0 Å². The van der Waals surface area contributed by atoms with E-state index in [1.54, 1.807) is 7.11 Å². The van der Waals surface area contributed by atoms with Gasteiger partial charge in [0.2, 0.25) is 0 Å². The minimum Gasteiger partial charge on any atom is -0.495 e. The van der Waals surface area contributed by atoms with E-state index in [-0.39, 0.29) is 24.8 Å². The molecule has 6 heteroatoms. The Kier molecular flexibility index (Phi) is 11.3. The van der Waals surface area contributed by atoms with Crippen LogP contribution in [0, 0.1) is 5.92 Å². The van der Waals surface area contributed by atoms with Gasteiger partial charge in [0.1, 0.15) is 5.75 Å². The van der Waals surface area contributed by atoms with E-state index in [4.69, 9.17) is 16.3 Å². The fourth-order valence-corrected chi connectivity index (χ4v) is 3.12. The number of hydrogen-bond acceptors (Lipinski definition) is 3. The van der Waals surface area contributed by atoms with Gasteiger partial charge in [0.25, 0.3) is 0 Å². The number of methoxy groups -OCH3 is 1. The third-order valence-electron chi connectivity index (χ3n) is 4.17. The lowest BCUT2D eigenvalue weighted by Gasteiger charge is -2.36. The van der Waals surface area contributed by atoms with Gasteiger partial charge in [-0.3, -0.25) is 4.90 Å². The first-order chi connectivity index (χ1) is 10.1. The van der Waals surface area contributed by atoms with Gasteiger partial charge in [0.15, 0.2) is 0 Å². The predicted molar refractivity (Wildman–Crippen MR) is 104 cm³/mol. The Balaban J connectivity index is 0.00000242. The summed E-state index contributed by atoms with van der Waals surface area (Å²) >= 11 is 6.17. The zero-order valence-electron chi connectivity index (χ0n) is 14.2. The first kappa shape index (κ1) is 22.8. The average molecular weight is 384 g/mol. The summed E-state index contributed by atoms with van der Waals surface area (Å²) in [7, 11) is 1.68. The second-order valence-electron chi connectivity index (χ2n) is 6.17. The lowest BCUT2D eigenvalue weighted by atomic mass is 9.95. The molecule has 1 atom stereocenters. The van der Waals surface area contributed by atoms with Crippen molar-refractivity contribution in [3.05, 3.63) is 28.8 Å². The van der Waals surface area contributed by atoms with Crippen molar-refractivity contribution in [2.24, 2.45) is 5.92 Å². The van der Waals surface area contributed by atoms with Crippen molar-refractivity contribution < 1.29 is 4.74 Å². The van der Waals surface area contributed by atoms with E-state index in [2.05, 4.69) is 36.2 Å². The van der Waals surface area contributed by atoms with Gasteiger partial charge in [-0.2, -0.15) is 0 Å². The number of benzene rings is 1. The Morgan fingerprint density at radius 2 is 1.83 bits per heavy atom. The summed E-state index contributed by atoms with van der Waals surface area (Å²) in [5.41, 5.74) is 1.32. The van der Waals surface area contributed by atoms with Crippen LogP contribution in [0.3, 0.4) is 0 Å². The Morgan fingerprint density at radius 3 is 2.39 bits per heavy atom. The molecule has 134 valence electrons. The van der Waals surface area contributed by atoms with E-state index in [9.17, 15) is 0 Å². The fourth-order valence-electron chi connectivity index (χ4n) is 2.93. The minimum absolute atomic E-state index is 0. The monoisotopic (exact) mass is 382 g/mol. The lowest BCUT2D eigenvalue weighted by Crippen LogP contribution is -2.45. The second-order valence-corrected chi connectivity index (χ2v) is 6.57. The molecule has 0 aliphatic carbocycles. The molecule has 1 fully saturated rings. The van der Waals surface area contributed by atoms with E-state index in [0.29, 0.717) is 11.1 Å². The van der Waals surface area contributed by atoms with Crippen LogP contribution in [-0.4, -0.2) is 38.2 Å². The van der Waals surface area contributed by atoms with Crippen molar-refractivity contribution in [1.82, 2.24) is 10.2 Å². The van der Waals surface area contributed by atoms with Crippen LogP contribution >= 0.6 is 36.4 Å². The summed E-state index contributed by atoms with van der Waals surface area (Å²) in [5, 5.41) is 4.11. The summed E-state index contributed by atoms with van der Waals surface area (Å²) in [5.74, 6) is 1.50. The molecule has 1 heterocycles. The second kappa shape index (κ2) is 11.4.